The van der Waals surface area contributed by atoms with E-state index in [2.05, 4.69) is 15.0 Å². The highest BCUT2D eigenvalue weighted by Gasteiger charge is 2.15. The topological polar surface area (TPSA) is 86.8 Å². The van der Waals surface area contributed by atoms with E-state index in [9.17, 15) is 9.59 Å². The van der Waals surface area contributed by atoms with Gasteiger partial charge in [-0.25, -0.2) is 9.78 Å². The van der Waals surface area contributed by atoms with E-state index in [1.54, 1.807) is 56.0 Å². The Kier molecular flexibility index (Phi) is 5.90. The van der Waals surface area contributed by atoms with E-state index in [0.29, 0.717) is 27.8 Å². The van der Waals surface area contributed by atoms with E-state index in [0.717, 1.165) is 5.56 Å². The quantitative estimate of drug-likeness (QED) is 0.635. The summed E-state index contributed by atoms with van der Waals surface area (Å²) in [5.74, 6) is 0.359. The minimum Gasteiger partial charge on any atom is -0.493 e. The van der Waals surface area contributed by atoms with Gasteiger partial charge in [-0.1, -0.05) is 6.07 Å². The van der Waals surface area contributed by atoms with Gasteiger partial charge in [-0.2, -0.15) is 0 Å². The van der Waals surface area contributed by atoms with Gasteiger partial charge in [-0.15, -0.1) is 11.3 Å². The Morgan fingerprint density at radius 2 is 1.79 bits per heavy atom. The van der Waals surface area contributed by atoms with Crippen molar-refractivity contribution in [3.8, 4) is 22.1 Å². The summed E-state index contributed by atoms with van der Waals surface area (Å²) in [5, 5.41) is 5.08. The Morgan fingerprint density at radius 3 is 2.50 bits per heavy atom. The number of ether oxygens (including phenoxy) is 3. The Morgan fingerprint density at radius 1 is 1.00 bits per heavy atom. The van der Waals surface area contributed by atoms with Gasteiger partial charge in [-0.05, 0) is 36.4 Å². The molecule has 0 aliphatic carbocycles. The molecule has 0 aliphatic heterocycles. The van der Waals surface area contributed by atoms with E-state index in [4.69, 9.17) is 9.47 Å². The van der Waals surface area contributed by atoms with Gasteiger partial charge in [0.05, 0.1) is 26.9 Å². The monoisotopic (exact) mass is 398 g/mol. The molecule has 0 atom stereocenters. The summed E-state index contributed by atoms with van der Waals surface area (Å²) >= 11 is 1.34. The van der Waals surface area contributed by atoms with Crippen molar-refractivity contribution in [3.05, 3.63) is 59.1 Å². The van der Waals surface area contributed by atoms with Crippen molar-refractivity contribution in [2.24, 2.45) is 0 Å². The standard InChI is InChI=1S/C20H18N2O5S/c1-25-16-8-7-12(10-17(16)26-2)19-22-15(11-28-19)18(23)21-14-6-4-5-13(9-14)20(24)27-3/h4-11H,1-3H3,(H,21,23). The van der Waals surface area contributed by atoms with E-state index in [1.807, 2.05) is 6.07 Å². The van der Waals surface area contributed by atoms with Crippen LogP contribution in [-0.2, 0) is 4.74 Å². The Bertz CT molecular complexity index is 1020. The van der Waals surface area contributed by atoms with Crippen molar-refractivity contribution in [2.75, 3.05) is 26.6 Å². The van der Waals surface area contributed by atoms with Gasteiger partial charge in [0.15, 0.2) is 11.5 Å². The van der Waals surface area contributed by atoms with Gasteiger partial charge < -0.3 is 19.5 Å². The lowest BCUT2D eigenvalue weighted by Crippen LogP contribution is -2.13. The number of aromatic nitrogens is 1. The molecule has 0 unspecified atom stereocenters. The first-order chi connectivity index (χ1) is 13.5. The molecule has 3 aromatic rings. The molecular weight excluding hydrogens is 380 g/mol. The van der Waals surface area contributed by atoms with Crippen molar-refractivity contribution in [2.45, 2.75) is 0 Å². The van der Waals surface area contributed by atoms with E-state index < -0.39 is 5.97 Å². The van der Waals surface area contributed by atoms with Gasteiger partial charge in [-0.3, -0.25) is 4.79 Å². The molecule has 0 bridgehead atoms. The number of hydrogen-bond acceptors (Lipinski definition) is 7. The molecule has 1 heterocycles. The van der Waals surface area contributed by atoms with E-state index in [-0.39, 0.29) is 11.6 Å². The second kappa shape index (κ2) is 8.53. The van der Waals surface area contributed by atoms with Crippen molar-refractivity contribution < 1.29 is 23.8 Å². The molecule has 1 amide bonds. The lowest BCUT2D eigenvalue weighted by Gasteiger charge is -2.08. The molecule has 0 saturated carbocycles. The number of carbonyl (C=O) groups is 2. The first-order valence-electron chi connectivity index (χ1n) is 8.23. The second-order valence-electron chi connectivity index (χ2n) is 5.63. The molecule has 8 heteroatoms. The number of nitrogens with zero attached hydrogens (tertiary/aromatic N) is 1. The molecule has 144 valence electrons. The number of carbonyl (C=O) groups excluding carboxylic acids is 2. The van der Waals surface area contributed by atoms with Crippen LogP contribution >= 0.6 is 11.3 Å². The molecule has 0 saturated heterocycles. The predicted octanol–water partition coefficient (Wildman–Crippen LogP) is 3.87. The fraction of sp³-hybridized carbons (Fsp3) is 0.150. The third-order valence-corrected chi connectivity index (χ3v) is 4.80. The molecule has 1 N–H and O–H groups in total. The highest BCUT2D eigenvalue weighted by molar-refractivity contribution is 7.13. The molecule has 1 aromatic heterocycles. The molecule has 0 fully saturated rings. The number of amides is 1. The first kappa shape index (κ1) is 19.4. The molecule has 3 rings (SSSR count). The largest absolute Gasteiger partial charge is 0.493 e. The van der Waals surface area contributed by atoms with Gasteiger partial charge in [0.25, 0.3) is 5.91 Å². The lowest BCUT2D eigenvalue weighted by molar-refractivity contribution is 0.0600. The number of anilines is 1. The Labute approximate surface area is 165 Å². The number of benzene rings is 2. The Hall–Kier alpha value is -3.39. The normalized spacial score (nSPS) is 10.2. The van der Waals surface area contributed by atoms with E-state index in [1.165, 1.54) is 18.4 Å². The predicted molar refractivity (Wildman–Crippen MR) is 106 cm³/mol. The van der Waals surface area contributed by atoms with Gasteiger partial charge in [0, 0.05) is 16.6 Å². The average molecular weight is 398 g/mol. The number of hydrogen-bond donors (Lipinski definition) is 1. The van der Waals surface area contributed by atoms with Crippen LogP contribution in [0.5, 0.6) is 11.5 Å². The second-order valence-corrected chi connectivity index (χ2v) is 6.49. The molecule has 2 aromatic carbocycles. The third kappa shape index (κ3) is 4.12. The average Bonchev–Trinajstić information content (AvgIpc) is 3.23. The number of rotatable bonds is 6. The summed E-state index contributed by atoms with van der Waals surface area (Å²) in [6.45, 7) is 0. The van der Waals surface area contributed by atoms with Gasteiger partial charge in [0.1, 0.15) is 10.7 Å². The molecule has 0 radical (unpaired) electrons. The molecule has 0 aliphatic rings. The molecule has 28 heavy (non-hydrogen) atoms. The van der Waals surface area contributed by atoms with Crippen molar-refractivity contribution in [1.82, 2.24) is 4.98 Å². The summed E-state index contributed by atoms with van der Waals surface area (Å²) in [7, 11) is 4.43. The van der Waals surface area contributed by atoms with E-state index >= 15 is 0 Å². The lowest BCUT2D eigenvalue weighted by atomic mass is 10.2. The minimum atomic E-state index is -0.472. The van der Waals surface area contributed by atoms with Crippen LogP contribution in [0.2, 0.25) is 0 Å². The maximum Gasteiger partial charge on any atom is 0.337 e. The van der Waals surface area contributed by atoms with Crippen LogP contribution in [0.1, 0.15) is 20.8 Å². The number of nitrogens with one attached hydrogen (secondary N) is 1. The number of methoxy groups -OCH3 is 3. The number of thiazole rings is 1. The summed E-state index contributed by atoms with van der Waals surface area (Å²) in [5.41, 5.74) is 1.92. The maximum atomic E-state index is 12.5. The zero-order valence-corrected chi connectivity index (χ0v) is 16.3. The zero-order valence-electron chi connectivity index (χ0n) is 15.5. The summed E-state index contributed by atoms with van der Waals surface area (Å²) in [4.78, 5) is 28.5. The summed E-state index contributed by atoms with van der Waals surface area (Å²) in [6.07, 6.45) is 0. The van der Waals surface area contributed by atoms with Crippen molar-refractivity contribution in [1.29, 1.82) is 0 Å². The zero-order chi connectivity index (χ0) is 20.1. The van der Waals surface area contributed by atoms with Crippen LogP contribution in [0.4, 0.5) is 5.69 Å². The summed E-state index contributed by atoms with van der Waals surface area (Å²) < 4.78 is 15.2. The fourth-order valence-corrected chi connectivity index (χ4v) is 3.31. The van der Waals surface area contributed by atoms with Crippen LogP contribution in [0.3, 0.4) is 0 Å². The van der Waals surface area contributed by atoms with Crippen LogP contribution < -0.4 is 14.8 Å². The van der Waals surface area contributed by atoms with Gasteiger partial charge >= 0.3 is 5.97 Å². The molecular formula is C20H18N2O5S. The highest BCUT2D eigenvalue weighted by Crippen LogP contribution is 2.33. The van der Waals surface area contributed by atoms with Crippen LogP contribution in [-0.4, -0.2) is 38.2 Å². The molecule has 0 spiro atoms. The van der Waals surface area contributed by atoms with Crippen molar-refractivity contribution in [3.63, 3.8) is 0 Å². The summed E-state index contributed by atoms with van der Waals surface area (Å²) in [6, 6.07) is 11.9. The minimum absolute atomic E-state index is 0.276. The fourth-order valence-electron chi connectivity index (χ4n) is 2.52. The maximum absolute atomic E-state index is 12.5. The van der Waals surface area contributed by atoms with Crippen LogP contribution in [0, 0.1) is 0 Å². The molecule has 7 nitrogen and oxygen atoms in total. The van der Waals surface area contributed by atoms with Crippen LogP contribution in [0.15, 0.2) is 47.8 Å². The Balaban J connectivity index is 1.79. The van der Waals surface area contributed by atoms with Crippen LogP contribution in [0.25, 0.3) is 10.6 Å². The SMILES string of the molecule is COC(=O)c1cccc(NC(=O)c2csc(-c3ccc(OC)c(OC)c3)n2)c1. The number of esters is 1. The highest BCUT2D eigenvalue weighted by atomic mass is 32.1. The van der Waals surface area contributed by atoms with Crippen molar-refractivity contribution >= 4 is 28.9 Å². The van der Waals surface area contributed by atoms with Gasteiger partial charge in [0.2, 0.25) is 0 Å². The smallest absolute Gasteiger partial charge is 0.337 e. The third-order valence-electron chi connectivity index (χ3n) is 3.91. The first-order valence-corrected chi connectivity index (χ1v) is 9.11.